The van der Waals surface area contributed by atoms with Crippen LogP contribution < -0.4 is 4.74 Å². The Kier molecular flexibility index (Phi) is 6.35. The van der Waals surface area contributed by atoms with E-state index in [2.05, 4.69) is 4.98 Å². The van der Waals surface area contributed by atoms with E-state index in [4.69, 9.17) is 14.7 Å². The van der Waals surface area contributed by atoms with Gasteiger partial charge >= 0.3 is 5.97 Å². The number of hydrogen-bond acceptors (Lipinski definition) is 6. The van der Waals surface area contributed by atoms with E-state index >= 15 is 0 Å². The maximum Gasteiger partial charge on any atom is 0.312 e. The minimum absolute atomic E-state index is 0.0133. The minimum Gasteiger partial charge on any atom is -0.486 e. The SMILES string of the molecule is Cc1ccc(OCc2nc(CC(=O)OCc3cc(C#N)ccc3F)cs2)cc1. The van der Waals surface area contributed by atoms with Gasteiger partial charge in [-0.1, -0.05) is 17.7 Å². The van der Waals surface area contributed by atoms with Gasteiger partial charge in [0.2, 0.25) is 0 Å². The van der Waals surface area contributed by atoms with E-state index in [0.717, 1.165) is 16.3 Å². The summed E-state index contributed by atoms with van der Waals surface area (Å²) in [5.41, 5.74) is 2.20. The van der Waals surface area contributed by atoms with Gasteiger partial charge in [0.25, 0.3) is 0 Å². The summed E-state index contributed by atoms with van der Waals surface area (Å²) in [6.07, 6.45) is -0.0133. The van der Waals surface area contributed by atoms with E-state index in [-0.39, 0.29) is 18.6 Å². The van der Waals surface area contributed by atoms with Gasteiger partial charge in [0, 0.05) is 10.9 Å². The molecule has 28 heavy (non-hydrogen) atoms. The molecule has 0 spiro atoms. The highest BCUT2D eigenvalue weighted by Gasteiger charge is 2.12. The highest BCUT2D eigenvalue weighted by molar-refractivity contribution is 7.09. The third-order valence-corrected chi connectivity index (χ3v) is 4.74. The third kappa shape index (κ3) is 5.38. The number of esters is 1. The maximum atomic E-state index is 13.7. The van der Waals surface area contributed by atoms with E-state index in [1.807, 2.05) is 37.3 Å². The molecule has 0 amide bonds. The average molecular weight is 396 g/mol. The summed E-state index contributed by atoms with van der Waals surface area (Å²) in [5, 5.41) is 11.4. The molecule has 7 heteroatoms. The van der Waals surface area contributed by atoms with Gasteiger partial charge in [0.05, 0.1) is 23.7 Å². The van der Waals surface area contributed by atoms with Crippen LogP contribution >= 0.6 is 11.3 Å². The van der Waals surface area contributed by atoms with Gasteiger partial charge in [-0.05, 0) is 37.3 Å². The summed E-state index contributed by atoms with van der Waals surface area (Å²) in [7, 11) is 0. The van der Waals surface area contributed by atoms with Crippen molar-refractivity contribution in [3.05, 3.63) is 81.1 Å². The van der Waals surface area contributed by atoms with Crippen LogP contribution in [0.4, 0.5) is 4.39 Å². The fourth-order valence-corrected chi connectivity index (χ4v) is 3.09. The zero-order valence-corrected chi connectivity index (χ0v) is 16.0. The molecule has 142 valence electrons. The topological polar surface area (TPSA) is 72.2 Å². The van der Waals surface area contributed by atoms with Crippen LogP contribution in [0.15, 0.2) is 47.8 Å². The lowest BCUT2D eigenvalue weighted by Crippen LogP contribution is -2.09. The molecular weight excluding hydrogens is 379 g/mol. The van der Waals surface area contributed by atoms with Crippen molar-refractivity contribution in [1.29, 1.82) is 5.26 Å². The molecule has 0 aliphatic rings. The molecule has 0 aliphatic heterocycles. The van der Waals surface area contributed by atoms with Crippen LogP contribution in [0, 0.1) is 24.1 Å². The Morgan fingerprint density at radius 2 is 2.00 bits per heavy atom. The molecule has 0 N–H and O–H groups in total. The van der Waals surface area contributed by atoms with E-state index < -0.39 is 11.8 Å². The minimum atomic E-state index is -0.518. The van der Waals surface area contributed by atoms with E-state index in [1.54, 1.807) is 5.38 Å². The molecule has 1 heterocycles. The van der Waals surface area contributed by atoms with Gasteiger partial charge in [-0.3, -0.25) is 4.79 Å². The van der Waals surface area contributed by atoms with Crippen LogP contribution in [0.5, 0.6) is 5.75 Å². The predicted molar refractivity (Wildman–Crippen MR) is 102 cm³/mol. The first-order valence-corrected chi connectivity index (χ1v) is 9.38. The molecule has 3 aromatic rings. The first kappa shape index (κ1) is 19.5. The summed E-state index contributed by atoms with van der Waals surface area (Å²) < 4.78 is 24.5. The van der Waals surface area contributed by atoms with E-state index in [1.165, 1.54) is 29.5 Å². The lowest BCUT2D eigenvalue weighted by Gasteiger charge is -2.06. The predicted octanol–water partition coefficient (Wildman–Crippen LogP) is 4.33. The number of aromatic nitrogens is 1. The maximum absolute atomic E-state index is 13.7. The second kappa shape index (κ2) is 9.11. The molecule has 3 rings (SSSR count). The van der Waals surface area contributed by atoms with Gasteiger partial charge < -0.3 is 9.47 Å². The van der Waals surface area contributed by atoms with Gasteiger partial charge in [0.1, 0.15) is 29.8 Å². The van der Waals surface area contributed by atoms with Crippen molar-refractivity contribution in [3.63, 3.8) is 0 Å². The average Bonchev–Trinajstić information content (AvgIpc) is 3.14. The number of carbonyl (C=O) groups excluding carboxylic acids is 1. The summed E-state index contributed by atoms with van der Waals surface area (Å²) >= 11 is 1.40. The highest BCUT2D eigenvalue weighted by Crippen LogP contribution is 2.17. The molecule has 2 aromatic carbocycles. The number of ether oxygens (including phenoxy) is 2. The number of benzene rings is 2. The van der Waals surface area contributed by atoms with Crippen molar-refractivity contribution in [1.82, 2.24) is 4.98 Å². The zero-order valence-electron chi connectivity index (χ0n) is 15.1. The quantitative estimate of drug-likeness (QED) is 0.556. The number of nitriles is 1. The van der Waals surface area contributed by atoms with E-state index in [0.29, 0.717) is 17.9 Å². The van der Waals surface area contributed by atoms with Crippen molar-refractivity contribution in [3.8, 4) is 11.8 Å². The monoisotopic (exact) mass is 396 g/mol. The lowest BCUT2D eigenvalue weighted by molar-refractivity contribution is -0.144. The number of thiazole rings is 1. The molecule has 0 saturated heterocycles. The second-order valence-electron chi connectivity index (χ2n) is 6.09. The number of rotatable bonds is 7. The standard InChI is InChI=1S/C21H17FN2O3S/c1-14-2-5-18(6-3-14)26-12-20-24-17(13-28-20)9-21(25)27-11-16-8-15(10-23)4-7-19(16)22/h2-8,13H,9,11-12H2,1H3. The Morgan fingerprint density at radius 1 is 1.21 bits per heavy atom. The number of hydrogen-bond donors (Lipinski definition) is 0. The van der Waals surface area contributed by atoms with Crippen LogP contribution in [-0.2, 0) is 29.2 Å². The number of halogens is 1. The molecular formula is C21H17FN2O3S. The molecule has 0 saturated carbocycles. The van der Waals surface area contributed by atoms with Crippen LogP contribution in [-0.4, -0.2) is 11.0 Å². The second-order valence-corrected chi connectivity index (χ2v) is 7.03. The van der Waals surface area contributed by atoms with E-state index in [9.17, 15) is 9.18 Å². The Bertz CT molecular complexity index is 1010. The van der Waals surface area contributed by atoms with Gasteiger partial charge in [-0.25, -0.2) is 9.37 Å². The Balaban J connectivity index is 1.50. The molecule has 0 aliphatic carbocycles. The van der Waals surface area contributed by atoms with Crippen LogP contribution in [0.2, 0.25) is 0 Å². The molecule has 0 fully saturated rings. The van der Waals surface area contributed by atoms with Crippen molar-refractivity contribution in [2.75, 3.05) is 0 Å². The number of carbonyl (C=O) groups is 1. The molecule has 0 atom stereocenters. The zero-order chi connectivity index (χ0) is 19.9. The largest absolute Gasteiger partial charge is 0.486 e. The lowest BCUT2D eigenvalue weighted by atomic mass is 10.1. The summed E-state index contributed by atoms with van der Waals surface area (Å²) in [6.45, 7) is 2.09. The molecule has 5 nitrogen and oxygen atoms in total. The molecule has 0 bridgehead atoms. The first-order valence-electron chi connectivity index (χ1n) is 8.50. The van der Waals surface area contributed by atoms with Gasteiger partial charge in [-0.2, -0.15) is 5.26 Å². The third-order valence-electron chi connectivity index (χ3n) is 3.87. The molecule has 1 aromatic heterocycles. The Morgan fingerprint density at radius 3 is 2.75 bits per heavy atom. The van der Waals surface area contributed by atoms with Crippen molar-refractivity contribution in [2.24, 2.45) is 0 Å². The van der Waals surface area contributed by atoms with Crippen LogP contribution in [0.25, 0.3) is 0 Å². The fraction of sp³-hybridized carbons (Fsp3) is 0.190. The number of nitrogens with zero attached hydrogens (tertiary/aromatic N) is 2. The Labute approximate surface area is 166 Å². The smallest absolute Gasteiger partial charge is 0.312 e. The van der Waals surface area contributed by atoms with Crippen molar-refractivity contribution in [2.45, 2.75) is 26.6 Å². The van der Waals surface area contributed by atoms with Crippen LogP contribution in [0.3, 0.4) is 0 Å². The first-order chi connectivity index (χ1) is 13.5. The van der Waals surface area contributed by atoms with Gasteiger partial charge in [0.15, 0.2) is 0 Å². The van der Waals surface area contributed by atoms with Crippen LogP contribution in [0.1, 0.15) is 27.4 Å². The molecule has 0 radical (unpaired) electrons. The summed E-state index contributed by atoms with van der Waals surface area (Å²) in [4.78, 5) is 16.4. The normalized spacial score (nSPS) is 10.3. The van der Waals surface area contributed by atoms with Crippen molar-refractivity contribution < 1.29 is 18.7 Å². The molecule has 0 unspecified atom stereocenters. The summed E-state index contributed by atoms with van der Waals surface area (Å²) in [6, 6.07) is 13.6. The summed E-state index contributed by atoms with van der Waals surface area (Å²) in [5.74, 6) is -0.280. The Hall–Kier alpha value is -3.24. The highest BCUT2D eigenvalue weighted by atomic mass is 32.1. The van der Waals surface area contributed by atoms with Crippen molar-refractivity contribution >= 4 is 17.3 Å². The van der Waals surface area contributed by atoms with Gasteiger partial charge in [-0.15, -0.1) is 11.3 Å². The number of aryl methyl sites for hydroxylation is 1. The fourth-order valence-electron chi connectivity index (χ4n) is 2.39.